The Labute approximate surface area is 113 Å². The van der Waals surface area contributed by atoms with Crippen molar-refractivity contribution < 1.29 is 13.2 Å². The number of hydrogen-bond donors (Lipinski definition) is 2. The number of rotatable bonds is 3. The van der Waals surface area contributed by atoms with Crippen LogP contribution in [0.3, 0.4) is 0 Å². The Kier molecular flexibility index (Phi) is 3.54. The van der Waals surface area contributed by atoms with Gasteiger partial charge < -0.3 is 11.1 Å². The van der Waals surface area contributed by atoms with E-state index in [1.54, 1.807) is 0 Å². The highest BCUT2D eigenvalue weighted by atomic mass is 32.2. The molecule has 3 N–H and O–H groups in total. The average Bonchev–Trinajstić information content (AvgIpc) is 2.34. The molecule has 1 aromatic carbocycles. The third kappa shape index (κ3) is 2.89. The van der Waals surface area contributed by atoms with Gasteiger partial charge in [-0.05, 0) is 31.4 Å². The van der Waals surface area contributed by atoms with E-state index in [1.165, 1.54) is 0 Å². The van der Waals surface area contributed by atoms with Gasteiger partial charge in [0, 0.05) is 5.69 Å². The first-order chi connectivity index (χ1) is 8.85. The topological polar surface area (TPSA) is 89.3 Å². The van der Waals surface area contributed by atoms with Gasteiger partial charge in [-0.15, -0.1) is 0 Å². The number of nitrogens with two attached hydrogens (primary N) is 1. The van der Waals surface area contributed by atoms with Crippen molar-refractivity contribution in [2.24, 2.45) is 5.73 Å². The molecule has 1 aliphatic rings. The summed E-state index contributed by atoms with van der Waals surface area (Å²) in [6, 6.07) is 7.56. The second-order valence-corrected chi connectivity index (χ2v) is 7.34. The molecule has 1 saturated heterocycles. The number of hydrogen-bond acceptors (Lipinski definition) is 4. The molecule has 104 valence electrons. The van der Waals surface area contributed by atoms with Gasteiger partial charge in [0.2, 0.25) is 5.91 Å². The van der Waals surface area contributed by atoms with Crippen LogP contribution in [0.4, 0.5) is 5.69 Å². The van der Waals surface area contributed by atoms with Crippen LogP contribution in [0.1, 0.15) is 18.4 Å². The summed E-state index contributed by atoms with van der Waals surface area (Å²) in [5, 5.41) is 3.16. The van der Waals surface area contributed by atoms with Crippen molar-refractivity contribution in [1.82, 2.24) is 0 Å². The summed E-state index contributed by atoms with van der Waals surface area (Å²) in [5.41, 5.74) is 6.35. The van der Waals surface area contributed by atoms with Gasteiger partial charge in [0.1, 0.15) is 5.54 Å². The lowest BCUT2D eigenvalue weighted by Crippen LogP contribution is -2.55. The maximum Gasteiger partial charge on any atom is 0.243 e. The Bertz CT molecular complexity index is 582. The second kappa shape index (κ2) is 4.85. The third-order valence-electron chi connectivity index (χ3n) is 3.67. The summed E-state index contributed by atoms with van der Waals surface area (Å²) in [6.07, 6.45) is 0.442. The summed E-state index contributed by atoms with van der Waals surface area (Å²) in [5.74, 6) is -0.505. The molecule has 0 spiro atoms. The lowest BCUT2D eigenvalue weighted by atomic mass is 9.90. The fourth-order valence-corrected chi connectivity index (χ4v) is 3.81. The molecule has 0 atom stereocenters. The van der Waals surface area contributed by atoms with Gasteiger partial charge in [0.25, 0.3) is 0 Å². The van der Waals surface area contributed by atoms with Crippen molar-refractivity contribution in [1.29, 1.82) is 0 Å². The van der Waals surface area contributed by atoms with Crippen LogP contribution in [0.25, 0.3) is 0 Å². The van der Waals surface area contributed by atoms with E-state index in [4.69, 9.17) is 5.73 Å². The Morgan fingerprint density at radius 3 is 2.37 bits per heavy atom. The highest BCUT2D eigenvalue weighted by molar-refractivity contribution is 7.91. The van der Waals surface area contributed by atoms with Crippen LogP contribution in [0.15, 0.2) is 24.3 Å². The van der Waals surface area contributed by atoms with Crippen molar-refractivity contribution in [2.75, 3.05) is 16.8 Å². The van der Waals surface area contributed by atoms with E-state index >= 15 is 0 Å². The number of sulfone groups is 1. The van der Waals surface area contributed by atoms with Gasteiger partial charge in [0.15, 0.2) is 9.84 Å². The zero-order valence-electron chi connectivity index (χ0n) is 10.8. The van der Waals surface area contributed by atoms with Gasteiger partial charge >= 0.3 is 0 Å². The highest BCUT2D eigenvalue weighted by Gasteiger charge is 2.42. The SMILES string of the molecule is Cc1ccccc1NC1(C(N)=O)CCS(=O)(=O)CC1. The minimum absolute atomic E-state index is 0.00514. The van der Waals surface area contributed by atoms with E-state index in [9.17, 15) is 13.2 Å². The molecule has 1 aliphatic heterocycles. The molecule has 1 fully saturated rings. The fourth-order valence-electron chi connectivity index (χ4n) is 2.29. The quantitative estimate of drug-likeness (QED) is 0.859. The van der Waals surface area contributed by atoms with E-state index in [-0.39, 0.29) is 24.3 Å². The van der Waals surface area contributed by atoms with Crippen molar-refractivity contribution in [3.05, 3.63) is 29.8 Å². The summed E-state index contributed by atoms with van der Waals surface area (Å²) >= 11 is 0. The third-order valence-corrected chi connectivity index (χ3v) is 5.32. The zero-order chi connectivity index (χ0) is 14.1. The minimum Gasteiger partial charge on any atom is -0.371 e. The number of aryl methyl sites for hydroxylation is 1. The number of benzene rings is 1. The smallest absolute Gasteiger partial charge is 0.243 e. The molecule has 2 rings (SSSR count). The Hall–Kier alpha value is -1.56. The first-order valence-electron chi connectivity index (χ1n) is 6.19. The van der Waals surface area contributed by atoms with E-state index in [1.807, 2.05) is 31.2 Å². The van der Waals surface area contributed by atoms with Crippen LogP contribution < -0.4 is 11.1 Å². The van der Waals surface area contributed by atoms with Crippen LogP contribution in [0, 0.1) is 6.92 Å². The normalized spacial score (nSPS) is 20.7. The molecule has 0 bridgehead atoms. The van der Waals surface area contributed by atoms with E-state index in [0.29, 0.717) is 0 Å². The molecule has 0 aromatic heterocycles. The van der Waals surface area contributed by atoms with E-state index < -0.39 is 21.3 Å². The first kappa shape index (κ1) is 13.9. The summed E-state index contributed by atoms with van der Waals surface area (Å²) in [4.78, 5) is 11.8. The second-order valence-electron chi connectivity index (χ2n) is 5.04. The monoisotopic (exact) mass is 282 g/mol. The number of carbonyl (C=O) groups excluding carboxylic acids is 1. The average molecular weight is 282 g/mol. The Morgan fingerprint density at radius 2 is 1.84 bits per heavy atom. The maximum absolute atomic E-state index is 11.8. The molecule has 19 heavy (non-hydrogen) atoms. The molecule has 5 nitrogen and oxygen atoms in total. The zero-order valence-corrected chi connectivity index (χ0v) is 11.7. The number of para-hydroxylation sites is 1. The highest BCUT2D eigenvalue weighted by Crippen LogP contribution is 2.29. The fraction of sp³-hybridized carbons (Fsp3) is 0.462. The number of anilines is 1. The molecule has 0 aliphatic carbocycles. The molecule has 0 unspecified atom stereocenters. The maximum atomic E-state index is 11.8. The van der Waals surface area contributed by atoms with Gasteiger partial charge in [0.05, 0.1) is 11.5 Å². The minimum atomic E-state index is -3.04. The predicted octanol–water partition coefficient (Wildman–Crippen LogP) is 0.840. The van der Waals surface area contributed by atoms with Crippen LogP contribution in [-0.4, -0.2) is 31.4 Å². The first-order valence-corrected chi connectivity index (χ1v) is 8.01. The predicted molar refractivity (Wildman–Crippen MR) is 74.6 cm³/mol. The Balaban J connectivity index is 2.28. The van der Waals surface area contributed by atoms with Crippen LogP contribution in [0.2, 0.25) is 0 Å². The van der Waals surface area contributed by atoms with Gasteiger partial charge in [-0.1, -0.05) is 18.2 Å². The van der Waals surface area contributed by atoms with Crippen molar-refractivity contribution >= 4 is 21.4 Å². The van der Waals surface area contributed by atoms with E-state index in [2.05, 4.69) is 5.32 Å². The number of nitrogens with one attached hydrogen (secondary N) is 1. The summed E-state index contributed by atoms with van der Waals surface area (Å²) in [7, 11) is -3.04. The number of primary amides is 1. The van der Waals surface area contributed by atoms with Crippen LogP contribution in [-0.2, 0) is 14.6 Å². The lowest BCUT2D eigenvalue weighted by Gasteiger charge is -2.36. The summed E-state index contributed by atoms with van der Waals surface area (Å²) in [6.45, 7) is 1.93. The van der Waals surface area contributed by atoms with Crippen molar-refractivity contribution in [3.63, 3.8) is 0 Å². The molecule has 0 radical (unpaired) electrons. The largest absolute Gasteiger partial charge is 0.371 e. The lowest BCUT2D eigenvalue weighted by molar-refractivity contribution is -0.122. The molecule has 1 heterocycles. The molecular formula is C13H18N2O3S. The van der Waals surface area contributed by atoms with E-state index in [0.717, 1.165) is 11.3 Å². The molecular weight excluding hydrogens is 264 g/mol. The van der Waals surface area contributed by atoms with Gasteiger partial charge in [-0.25, -0.2) is 8.42 Å². The molecule has 6 heteroatoms. The van der Waals surface area contributed by atoms with Crippen LogP contribution >= 0.6 is 0 Å². The van der Waals surface area contributed by atoms with Crippen molar-refractivity contribution in [2.45, 2.75) is 25.3 Å². The van der Waals surface area contributed by atoms with Crippen LogP contribution in [0.5, 0.6) is 0 Å². The number of carbonyl (C=O) groups is 1. The molecule has 1 aromatic rings. The molecule has 1 amide bonds. The molecule has 0 saturated carbocycles. The van der Waals surface area contributed by atoms with Gasteiger partial charge in [-0.2, -0.15) is 0 Å². The van der Waals surface area contributed by atoms with Crippen molar-refractivity contribution in [3.8, 4) is 0 Å². The standard InChI is InChI=1S/C13H18N2O3S/c1-10-4-2-3-5-11(10)15-13(12(14)16)6-8-19(17,18)9-7-13/h2-5,15H,6-9H2,1H3,(H2,14,16). The summed E-state index contributed by atoms with van der Waals surface area (Å²) < 4.78 is 23.0. The van der Waals surface area contributed by atoms with Gasteiger partial charge in [-0.3, -0.25) is 4.79 Å². The Morgan fingerprint density at radius 1 is 1.26 bits per heavy atom. The number of amides is 1.